The lowest BCUT2D eigenvalue weighted by Gasteiger charge is -2.29. The highest BCUT2D eigenvalue weighted by Gasteiger charge is 2.39. The van der Waals surface area contributed by atoms with E-state index in [4.69, 9.17) is 0 Å². The molecule has 4 amide bonds. The van der Waals surface area contributed by atoms with Gasteiger partial charge in [-0.2, -0.15) is 0 Å². The summed E-state index contributed by atoms with van der Waals surface area (Å²) in [6.45, 7) is 2.06. The molecule has 0 saturated carbocycles. The normalized spacial score (nSPS) is 20.3. The zero-order valence-corrected chi connectivity index (χ0v) is 13.2. The molecule has 1 saturated heterocycles. The van der Waals surface area contributed by atoms with Crippen LogP contribution >= 0.6 is 0 Å². The van der Waals surface area contributed by atoms with Crippen molar-refractivity contribution in [2.24, 2.45) is 0 Å². The van der Waals surface area contributed by atoms with Gasteiger partial charge in [0.2, 0.25) is 17.7 Å². The lowest BCUT2D eigenvalue weighted by Crippen LogP contribution is -2.52. The van der Waals surface area contributed by atoms with Crippen LogP contribution in [0, 0.1) is 0 Å². The van der Waals surface area contributed by atoms with Crippen molar-refractivity contribution in [1.29, 1.82) is 0 Å². The molecule has 7 nitrogen and oxygen atoms in total. The van der Waals surface area contributed by atoms with Gasteiger partial charge in [-0.1, -0.05) is 12.1 Å². The molecular weight excluding hydrogens is 310 g/mol. The second-order valence-electron chi connectivity index (χ2n) is 5.76. The molecule has 2 aliphatic heterocycles. The summed E-state index contributed by atoms with van der Waals surface area (Å²) in [4.78, 5) is 48.9. The number of benzene rings is 1. The van der Waals surface area contributed by atoms with Crippen molar-refractivity contribution in [2.45, 2.75) is 32.4 Å². The average molecular weight is 327 g/mol. The third-order valence-corrected chi connectivity index (χ3v) is 4.11. The van der Waals surface area contributed by atoms with Gasteiger partial charge in [-0.05, 0) is 37.1 Å². The van der Waals surface area contributed by atoms with E-state index in [0.717, 1.165) is 5.56 Å². The van der Waals surface area contributed by atoms with E-state index in [2.05, 4.69) is 10.6 Å². The van der Waals surface area contributed by atoms with Crippen LogP contribution < -0.4 is 10.6 Å². The van der Waals surface area contributed by atoms with Crippen LogP contribution in [0.4, 0.5) is 5.69 Å². The predicted octanol–water partition coefficient (Wildman–Crippen LogP) is 0.962. The van der Waals surface area contributed by atoms with Crippen LogP contribution in [0.1, 0.15) is 35.7 Å². The summed E-state index contributed by atoms with van der Waals surface area (Å²) in [5.41, 5.74) is 1.79. The second kappa shape index (κ2) is 6.27. The summed E-state index contributed by atoms with van der Waals surface area (Å²) in [7, 11) is 0. The fourth-order valence-corrected chi connectivity index (χ4v) is 2.97. The molecule has 1 unspecified atom stereocenters. The van der Waals surface area contributed by atoms with Crippen molar-refractivity contribution in [1.82, 2.24) is 10.2 Å². The predicted molar refractivity (Wildman–Crippen MR) is 85.9 cm³/mol. The van der Waals surface area contributed by atoms with Gasteiger partial charge in [-0.25, -0.2) is 0 Å². The van der Waals surface area contributed by atoms with Gasteiger partial charge < -0.3 is 10.2 Å². The molecule has 2 heterocycles. The molecule has 0 bridgehead atoms. The number of nitrogens with one attached hydrogen (secondary N) is 2. The van der Waals surface area contributed by atoms with Crippen molar-refractivity contribution in [3.8, 4) is 0 Å². The first-order chi connectivity index (χ1) is 11.5. The molecule has 2 aliphatic rings. The van der Waals surface area contributed by atoms with Gasteiger partial charge in [0.15, 0.2) is 0 Å². The number of imide groups is 1. The molecule has 0 aromatic heterocycles. The first kappa shape index (κ1) is 15.9. The molecule has 0 spiro atoms. The lowest BCUT2D eigenvalue weighted by molar-refractivity contribution is -0.136. The summed E-state index contributed by atoms with van der Waals surface area (Å²) < 4.78 is 0. The number of nitrogens with zero attached hydrogens (tertiary/aromatic N) is 1. The Morgan fingerprint density at radius 3 is 2.83 bits per heavy atom. The number of carbonyl (C=O) groups is 4. The smallest absolute Gasteiger partial charge is 0.255 e. The van der Waals surface area contributed by atoms with Gasteiger partial charge >= 0.3 is 0 Å². The average Bonchev–Trinajstić information content (AvgIpc) is 2.84. The topological polar surface area (TPSA) is 95.6 Å². The van der Waals surface area contributed by atoms with Crippen molar-refractivity contribution < 1.29 is 19.2 Å². The summed E-state index contributed by atoms with van der Waals surface area (Å²) in [5, 5.41) is 4.95. The maximum atomic E-state index is 12.6. The van der Waals surface area contributed by atoms with Crippen LogP contribution in [0.5, 0.6) is 0 Å². The van der Waals surface area contributed by atoms with Gasteiger partial charge in [0, 0.05) is 24.2 Å². The van der Waals surface area contributed by atoms with Crippen molar-refractivity contribution in [2.75, 3.05) is 5.32 Å². The first-order valence-corrected chi connectivity index (χ1v) is 7.71. The lowest BCUT2D eigenvalue weighted by atomic mass is 10.0. The van der Waals surface area contributed by atoms with Crippen LogP contribution in [0.3, 0.4) is 0 Å². The van der Waals surface area contributed by atoms with E-state index >= 15 is 0 Å². The number of allylic oxidation sites excluding steroid dienone is 1. The number of hydrogen-bond donors (Lipinski definition) is 2. The molecule has 1 aromatic carbocycles. The molecule has 7 heteroatoms. The minimum absolute atomic E-state index is 0.223. The molecular formula is C17H17N3O4. The van der Waals surface area contributed by atoms with Gasteiger partial charge in [0.1, 0.15) is 6.04 Å². The Labute approximate surface area is 138 Å². The minimum Gasteiger partial charge on any atom is -0.322 e. The number of fused-ring (bicyclic) bond motifs is 1. The van der Waals surface area contributed by atoms with Gasteiger partial charge in [0.05, 0.1) is 0 Å². The molecule has 2 N–H and O–H groups in total. The summed E-state index contributed by atoms with van der Waals surface area (Å²) in [6, 6.07) is 4.47. The van der Waals surface area contributed by atoms with Crippen LogP contribution in [-0.2, 0) is 20.9 Å². The molecule has 1 fully saturated rings. The summed E-state index contributed by atoms with van der Waals surface area (Å²) in [5.74, 6) is -1.28. The van der Waals surface area contributed by atoms with Crippen LogP contribution in [0.15, 0.2) is 30.4 Å². The van der Waals surface area contributed by atoms with E-state index in [9.17, 15) is 19.2 Å². The number of hydrogen-bond acceptors (Lipinski definition) is 4. The van der Waals surface area contributed by atoms with Gasteiger partial charge in [-0.3, -0.25) is 24.5 Å². The van der Waals surface area contributed by atoms with E-state index in [0.29, 0.717) is 24.2 Å². The number of rotatable bonds is 3. The van der Waals surface area contributed by atoms with Crippen molar-refractivity contribution in [3.05, 3.63) is 41.5 Å². The monoisotopic (exact) mass is 327 g/mol. The van der Waals surface area contributed by atoms with Gasteiger partial charge in [0.25, 0.3) is 5.91 Å². The third-order valence-electron chi connectivity index (χ3n) is 4.11. The number of amides is 4. The maximum absolute atomic E-state index is 12.6. The van der Waals surface area contributed by atoms with Crippen molar-refractivity contribution in [3.63, 3.8) is 0 Å². The number of piperidine rings is 1. The molecule has 24 heavy (non-hydrogen) atoms. The largest absolute Gasteiger partial charge is 0.322 e. The van der Waals surface area contributed by atoms with Crippen molar-refractivity contribution >= 4 is 29.3 Å². The standard InChI is InChI=1S/C17H17N3O4/c1-2-3-14(21)18-11-5-4-10-9-20(17(24)12(10)8-11)13-6-7-15(22)19-16(13)23/h2-5,8,13H,6-7,9H2,1H3,(H,18,21)(H,19,22,23)/b3-2+. The number of anilines is 1. The Morgan fingerprint density at radius 2 is 2.12 bits per heavy atom. The molecule has 0 radical (unpaired) electrons. The van der Waals surface area contributed by atoms with Crippen LogP contribution in [-0.4, -0.2) is 34.6 Å². The molecule has 0 aliphatic carbocycles. The third kappa shape index (κ3) is 2.92. The Kier molecular flexibility index (Phi) is 4.16. The van der Waals surface area contributed by atoms with E-state index in [1.807, 2.05) is 0 Å². The fourth-order valence-electron chi connectivity index (χ4n) is 2.97. The van der Waals surface area contributed by atoms with Crippen LogP contribution in [0.25, 0.3) is 0 Å². The SMILES string of the molecule is C/C=C/C(=O)Nc1ccc2c(c1)C(=O)N(C1CCC(=O)NC1=O)C2. The van der Waals surface area contributed by atoms with Gasteiger partial charge in [-0.15, -0.1) is 0 Å². The Hall–Kier alpha value is -2.96. The highest BCUT2D eigenvalue weighted by molar-refractivity contribution is 6.06. The Balaban J connectivity index is 1.79. The van der Waals surface area contributed by atoms with E-state index in [-0.39, 0.29) is 24.1 Å². The molecule has 124 valence electrons. The Morgan fingerprint density at radius 1 is 1.33 bits per heavy atom. The van der Waals surface area contributed by atoms with E-state index in [1.165, 1.54) is 11.0 Å². The fraction of sp³-hybridized carbons (Fsp3) is 0.294. The van der Waals surface area contributed by atoms with E-state index in [1.54, 1.807) is 31.2 Å². The molecule has 1 aromatic rings. The number of carbonyl (C=O) groups excluding carboxylic acids is 4. The summed E-state index contributed by atoms with van der Waals surface area (Å²) in [6.07, 6.45) is 3.57. The first-order valence-electron chi connectivity index (χ1n) is 7.71. The summed E-state index contributed by atoms with van der Waals surface area (Å²) >= 11 is 0. The maximum Gasteiger partial charge on any atom is 0.255 e. The zero-order valence-electron chi connectivity index (χ0n) is 13.2. The van der Waals surface area contributed by atoms with E-state index < -0.39 is 11.9 Å². The highest BCUT2D eigenvalue weighted by Crippen LogP contribution is 2.29. The minimum atomic E-state index is -0.635. The van der Waals surface area contributed by atoms with Crippen LogP contribution in [0.2, 0.25) is 0 Å². The Bertz CT molecular complexity index is 769. The molecule has 3 rings (SSSR count). The second-order valence-corrected chi connectivity index (χ2v) is 5.76. The molecule has 1 atom stereocenters. The quantitative estimate of drug-likeness (QED) is 0.638. The zero-order chi connectivity index (χ0) is 17.3. The highest BCUT2D eigenvalue weighted by atomic mass is 16.2.